The van der Waals surface area contributed by atoms with Gasteiger partial charge in [-0.15, -0.1) is 11.3 Å². The topological polar surface area (TPSA) is 55.4 Å². The highest BCUT2D eigenvalue weighted by Gasteiger charge is 2.25. The predicted octanol–water partition coefficient (Wildman–Crippen LogP) is 4.57. The molecule has 0 spiro atoms. The number of hydrogen-bond donors (Lipinski definition) is 1. The third-order valence-corrected chi connectivity index (χ3v) is 4.60. The average Bonchev–Trinajstić information content (AvgIpc) is 2.50. The van der Waals surface area contributed by atoms with Crippen LogP contribution < -0.4 is 5.32 Å². The van der Waals surface area contributed by atoms with Crippen LogP contribution in [0.15, 0.2) is 0 Å². The smallest absolute Gasteiger partial charge is 0.412 e. The van der Waals surface area contributed by atoms with Crippen LogP contribution in [0.25, 0.3) is 0 Å². The Balaban J connectivity index is 2.27. The predicted molar refractivity (Wildman–Crippen MR) is 85.4 cm³/mol. The van der Waals surface area contributed by atoms with Crippen LogP contribution >= 0.6 is 11.3 Å². The molecule has 0 aliphatic heterocycles. The SMILES string of the molecule is CC(=O)c1c(NC(=O)OC(C)(C)C)sc2c1CCCCC2. The molecule has 1 aliphatic carbocycles. The number of thiophene rings is 1. The maximum Gasteiger partial charge on any atom is 0.412 e. The molecule has 0 aromatic carbocycles. The van der Waals surface area contributed by atoms with Gasteiger partial charge in [-0.05, 0) is 58.9 Å². The number of ketones is 1. The van der Waals surface area contributed by atoms with Gasteiger partial charge >= 0.3 is 6.09 Å². The van der Waals surface area contributed by atoms with Crippen molar-refractivity contribution in [3.63, 3.8) is 0 Å². The lowest BCUT2D eigenvalue weighted by atomic mass is 10.0. The first-order valence-corrected chi connectivity index (χ1v) is 8.25. The quantitative estimate of drug-likeness (QED) is 0.643. The van der Waals surface area contributed by atoms with Gasteiger partial charge in [-0.1, -0.05) is 6.42 Å². The number of amides is 1. The summed E-state index contributed by atoms with van der Waals surface area (Å²) in [4.78, 5) is 25.2. The highest BCUT2D eigenvalue weighted by atomic mass is 32.1. The van der Waals surface area contributed by atoms with Crippen LogP contribution in [0, 0.1) is 0 Å². The zero-order valence-corrected chi connectivity index (χ0v) is 14.0. The van der Waals surface area contributed by atoms with Crippen molar-refractivity contribution < 1.29 is 14.3 Å². The van der Waals surface area contributed by atoms with Gasteiger partial charge in [-0.2, -0.15) is 0 Å². The van der Waals surface area contributed by atoms with Gasteiger partial charge < -0.3 is 4.74 Å². The highest BCUT2D eigenvalue weighted by Crippen LogP contribution is 2.37. The molecule has 1 heterocycles. The minimum Gasteiger partial charge on any atom is -0.444 e. The van der Waals surface area contributed by atoms with Crippen molar-refractivity contribution in [3.8, 4) is 0 Å². The number of ether oxygens (including phenoxy) is 1. The Morgan fingerprint density at radius 1 is 1.14 bits per heavy atom. The fraction of sp³-hybridized carbons (Fsp3) is 0.625. The third-order valence-electron chi connectivity index (χ3n) is 3.39. The van der Waals surface area contributed by atoms with Gasteiger partial charge in [0.15, 0.2) is 5.78 Å². The van der Waals surface area contributed by atoms with E-state index in [4.69, 9.17) is 4.74 Å². The van der Waals surface area contributed by atoms with Crippen molar-refractivity contribution in [2.75, 3.05) is 5.32 Å². The maximum atomic E-state index is 12.0. The molecule has 5 heteroatoms. The first-order chi connectivity index (χ1) is 9.78. The molecule has 0 fully saturated rings. The van der Waals surface area contributed by atoms with E-state index in [0.717, 1.165) is 31.2 Å². The molecule has 2 rings (SSSR count). The normalized spacial score (nSPS) is 15.0. The number of carbonyl (C=O) groups is 2. The van der Waals surface area contributed by atoms with E-state index in [1.54, 1.807) is 6.92 Å². The summed E-state index contributed by atoms with van der Waals surface area (Å²) in [5.41, 5.74) is 1.27. The highest BCUT2D eigenvalue weighted by molar-refractivity contribution is 7.17. The summed E-state index contributed by atoms with van der Waals surface area (Å²) in [5, 5.41) is 3.40. The molecule has 0 unspecified atom stereocenters. The Morgan fingerprint density at radius 3 is 2.43 bits per heavy atom. The van der Waals surface area contributed by atoms with Crippen molar-refractivity contribution in [2.45, 2.75) is 65.4 Å². The van der Waals surface area contributed by atoms with Gasteiger partial charge in [-0.25, -0.2) is 4.79 Å². The summed E-state index contributed by atoms with van der Waals surface area (Å²) in [5.74, 6) is 0.0143. The van der Waals surface area contributed by atoms with Gasteiger partial charge in [0.25, 0.3) is 0 Å². The summed E-state index contributed by atoms with van der Waals surface area (Å²) < 4.78 is 5.28. The zero-order valence-electron chi connectivity index (χ0n) is 13.2. The van der Waals surface area contributed by atoms with Crippen molar-refractivity contribution in [1.29, 1.82) is 0 Å². The zero-order chi connectivity index (χ0) is 15.6. The fourth-order valence-corrected chi connectivity index (χ4v) is 3.92. The maximum absolute atomic E-state index is 12.0. The van der Waals surface area contributed by atoms with Gasteiger partial charge in [0.1, 0.15) is 10.6 Å². The van der Waals surface area contributed by atoms with Gasteiger partial charge in [0.05, 0.1) is 5.56 Å². The number of anilines is 1. The second-order valence-electron chi connectivity index (χ2n) is 6.45. The van der Waals surface area contributed by atoms with E-state index in [1.807, 2.05) is 20.8 Å². The van der Waals surface area contributed by atoms with Crippen molar-refractivity contribution in [2.24, 2.45) is 0 Å². The minimum atomic E-state index is -0.547. The monoisotopic (exact) mass is 309 g/mol. The summed E-state index contributed by atoms with van der Waals surface area (Å²) in [6.45, 7) is 7.03. The van der Waals surface area contributed by atoms with E-state index >= 15 is 0 Å². The Labute approximate surface area is 129 Å². The molecule has 1 aromatic heterocycles. The van der Waals surface area contributed by atoms with Crippen LogP contribution in [0.5, 0.6) is 0 Å². The number of carbonyl (C=O) groups excluding carboxylic acids is 2. The van der Waals surface area contributed by atoms with E-state index < -0.39 is 11.7 Å². The second kappa shape index (κ2) is 6.18. The lowest BCUT2D eigenvalue weighted by Gasteiger charge is -2.19. The lowest BCUT2D eigenvalue weighted by molar-refractivity contribution is 0.0636. The molecule has 1 amide bonds. The van der Waals surface area contributed by atoms with Crippen molar-refractivity contribution in [3.05, 3.63) is 16.0 Å². The van der Waals surface area contributed by atoms with Crippen LogP contribution in [0.3, 0.4) is 0 Å². The molecule has 116 valence electrons. The number of hydrogen-bond acceptors (Lipinski definition) is 4. The molecular weight excluding hydrogens is 286 g/mol. The molecule has 0 atom stereocenters. The van der Waals surface area contributed by atoms with E-state index in [2.05, 4.69) is 5.32 Å². The standard InChI is InChI=1S/C16H23NO3S/c1-10(18)13-11-8-6-5-7-9-12(11)21-14(13)17-15(19)20-16(2,3)4/h5-9H2,1-4H3,(H,17,19). The fourth-order valence-electron chi connectivity index (χ4n) is 2.60. The van der Waals surface area contributed by atoms with E-state index in [0.29, 0.717) is 10.6 Å². The van der Waals surface area contributed by atoms with Gasteiger partial charge in [0, 0.05) is 4.88 Å². The summed E-state index contributed by atoms with van der Waals surface area (Å²) in [6, 6.07) is 0. The molecule has 1 aromatic rings. The average molecular weight is 309 g/mol. The van der Waals surface area contributed by atoms with Crippen molar-refractivity contribution in [1.82, 2.24) is 0 Å². The Hall–Kier alpha value is -1.36. The number of aryl methyl sites for hydroxylation is 1. The summed E-state index contributed by atoms with van der Waals surface area (Å²) >= 11 is 1.53. The number of Topliss-reactive ketones (excluding diaryl/α,β-unsaturated/α-hetero) is 1. The Morgan fingerprint density at radius 2 is 1.81 bits per heavy atom. The first kappa shape index (κ1) is 16.0. The number of fused-ring (bicyclic) bond motifs is 1. The lowest BCUT2D eigenvalue weighted by Crippen LogP contribution is -2.27. The molecule has 21 heavy (non-hydrogen) atoms. The van der Waals surface area contributed by atoms with Crippen LogP contribution in [-0.4, -0.2) is 17.5 Å². The molecule has 1 N–H and O–H groups in total. The molecule has 0 saturated heterocycles. The Bertz CT molecular complexity index is 555. The largest absolute Gasteiger partial charge is 0.444 e. The van der Waals surface area contributed by atoms with E-state index in [9.17, 15) is 9.59 Å². The minimum absolute atomic E-state index is 0.0143. The molecular formula is C16H23NO3S. The molecule has 0 bridgehead atoms. The molecule has 0 saturated carbocycles. The van der Waals surface area contributed by atoms with Gasteiger partial charge in [-0.3, -0.25) is 10.1 Å². The molecule has 4 nitrogen and oxygen atoms in total. The number of nitrogens with one attached hydrogen (secondary N) is 1. The van der Waals surface area contributed by atoms with Crippen LogP contribution in [0.2, 0.25) is 0 Å². The third kappa shape index (κ3) is 4.06. The Kier molecular flexibility index (Phi) is 4.71. The van der Waals surface area contributed by atoms with Gasteiger partial charge in [0.2, 0.25) is 0 Å². The van der Waals surface area contributed by atoms with E-state index in [-0.39, 0.29) is 5.78 Å². The van der Waals surface area contributed by atoms with Crippen LogP contribution in [-0.2, 0) is 17.6 Å². The van der Waals surface area contributed by atoms with Crippen LogP contribution in [0.1, 0.15) is 67.8 Å². The molecule has 0 radical (unpaired) electrons. The summed E-state index contributed by atoms with van der Waals surface area (Å²) in [7, 11) is 0. The number of rotatable bonds is 2. The first-order valence-electron chi connectivity index (χ1n) is 7.43. The van der Waals surface area contributed by atoms with E-state index in [1.165, 1.54) is 22.6 Å². The summed E-state index contributed by atoms with van der Waals surface area (Å²) in [6.07, 6.45) is 4.88. The van der Waals surface area contributed by atoms with Crippen molar-refractivity contribution >= 4 is 28.2 Å². The second-order valence-corrected chi connectivity index (χ2v) is 7.56. The molecule has 1 aliphatic rings. The van der Waals surface area contributed by atoms with Crippen LogP contribution in [0.4, 0.5) is 9.80 Å².